The normalized spacial score (nSPS) is 11.2. The largest absolute Gasteiger partial charge is 0.420 e. The van der Waals surface area contributed by atoms with Gasteiger partial charge in [0.2, 0.25) is 5.89 Å². The number of para-hydroxylation sites is 1. The van der Waals surface area contributed by atoms with Gasteiger partial charge in [-0.15, -0.1) is 10.2 Å². The number of hydrogen-bond acceptors (Lipinski definition) is 3. The lowest BCUT2D eigenvalue weighted by Crippen LogP contribution is -2.02. The Morgan fingerprint density at radius 3 is 2.61 bits per heavy atom. The summed E-state index contributed by atoms with van der Waals surface area (Å²) >= 11 is 0. The second-order valence-electron chi connectivity index (χ2n) is 5.79. The topological polar surface area (TPSA) is 43.9 Å². The highest BCUT2D eigenvalue weighted by atomic mass is 16.4. The molecule has 0 saturated heterocycles. The summed E-state index contributed by atoms with van der Waals surface area (Å²) in [5, 5.41) is 9.33. The van der Waals surface area contributed by atoms with Crippen molar-refractivity contribution >= 4 is 10.9 Å². The van der Waals surface area contributed by atoms with Gasteiger partial charge in [0.1, 0.15) is 5.69 Å². The fourth-order valence-electron chi connectivity index (χ4n) is 2.95. The molecule has 0 saturated carbocycles. The van der Waals surface area contributed by atoms with Crippen LogP contribution in [-0.2, 0) is 6.54 Å². The monoisotopic (exact) mass is 303 g/mol. The number of aromatic nitrogens is 3. The molecule has 0 fully saturated rings. The van der Waals surface area contributed by atoms with Crippen LogP contribution >= 0.6 is 0 Å². The summed E-state index contributed by atoms with van der Waals surface area (Å²) in [6, 6.07) is 19.0. The molecule has 0 N–H and O–H groups in total. The zero-order valence-electron chi connectivity index (χ0n) is 13.2. The summed E-state index contributed by atoms with van der Waals surface area (Å²) in [6.07, 6.45) is 0. The number of hydrogen-bond donors (Lipinski definition) is 0. The van der Waals surface area contributed by atoms with Crippen molar-refractivity contribution < 1.29 is 4.42 Å². The van der Waals surface area contributed by atoms with Crippen molar-refractivity contribution in [2.45, 2.75) is 20.4 Å². The molecule has 114 valence electrons. The Labute approximate surface area is 134 Å². The van der Waals surface area contributed by atoms with E-state index in [1.54, 1.807) is 0 Å². The molecular formula is C19H17N3O. The van der Waals surface area contributed by atoms with Gasteiger partial charge in [-0.2, -0.15) is 0 Å². The van der Waals surface area contributed by atoms with Crippen molar-refractivity contribution in [3.63, 3.8) is 0 Å². The van der Waals surface area contributed by atoms with Gasteiger partial charge in [-0.25, -0.2) is 0 Å². The van der Waals surface area contributed by atoms with Crippen LogP contribution in [0.15, 0.2) is 59.0 Å². The predicted octanol–water partition coefficient (Wildman–Crippen LogP) is 4.36. The van der Waals surface area contributed by atoms with Crippen LogP contribution in [0.3, 0.4) is 0 Å². The zero-order valence-corrected chi connectivity index (χ0v) is 13.2. The summed E-state index contributed by atoms with van der Waals surface area (Å²) in [5.74, 6) is 1.14. The molecule has 2 aromatic carbocycles. The fraction of sp³-hybridized carbons (Fsp3) is 0.158. The summed E-state index contributed by atoms with van der Waals surface area (Å²) in [4.78, 5) is 0. The number of aryl methyl sites for hydroxylation is 2. The van der Waals surface area contributed by atoms with Gasteiger partial charge in [0, 0.05) is 24.4 Å². The zero-order chi connectivity index (χ0) is 15.8. The Balaban J connectivity index is 1.89. The van der Waals surface area contributed by atoms with E-state index in [1.807, 2.05) is 13.0 Å². The van der Waals surface area contributed by atoms with Crippen LogP contribution in [0.2, 0.25) is 0 Å². The van der Waals surface area contributed by atoms with Crippen LogP contribution in [0.1, 0.15) is 17.0 Å². The third kappa shape index (κ3) is 2.52. The van der Waals surface area contributed by atoms with E-state index < -0.39 is 0 Å². The minimum absolute atomic E-state index is 0.561. The first-order valence-corrected chi connectivity index (χ1v) is 7.65. The maximum atomic E-state index is 5.66. The highest BCUT2D eigenvalue weighted by molar-refractivity contribution is 5.85. The minimum atomic E-state index is 0.561. The Kier molecular flexibility index (Phi) is 3.23. The second-order valence-corrected chi connectivity index (χ2v) is 5.79. The van der Waals surface area contributed by atoms with Crippen molar-refractivity contribution in [1.29, 1.82) is 0 Å². The molecule has 0 atom stereocenters. The van der Waals surface area contributed by atoms with E-state index in [1.165, 1.54) is 22.0 Å². The molecular weight excluding hydrogens is 286 g/mol. The highest BCUT2D eigenvalue weighted by Gasteiger charge is 2.15. The molecule has 2 aromatic heterocycles. The first-order valence-electron chi connectivity index (χ1n) is 7.65. The molecule has 0 aliphatic heterocycles. The van der Waals surface area contributed by atoms with Crippen molar-refractivity contribution in [1.82, 2.24) is 14.8 Å². The Bertz CT molecular complexity index is 981. The first-order chi connectivity index (χ1) is 11.2. The lowest BCUT2D eigenvalue weighted by Gasteiger charge is -2.09. The smallest absolute Gasteiger partial charge is 0.264 e. The Hall–Kier alpha value is -2.88. The third-order valence-corrected chi connectivity index (χ3v) is 3.98. The standard InChI is InChI=1S/C19H17N3O/c1-13-6-5-7-15(10-13)12-22-17-9-4-3-8-16(17)11-18(22)19-21-20-14(2)23-19/h3-11H,12H2,1-2H3. The van der Waals surface area contributed by atoms with Gasteiger partial charge in [-0.3, -0.25) is 0 Å². The van der Waals surface area contributed by atoms with E-state index in [2.05, 4.69) is 70.2 Å². The van der Waals surface area contributed by atoms with Crippen LogP contribution in [0, 0.1) is 13.8 Å². The van der Waals surface area contributed by atoms with Crippen LogP contribution in [0.4, 0.5) is 0 Å². The van der Waals surface area contributed by atoms with Crippen LogP contribution in [0.25, 0.3) is 22.5 Å². The van der Waals surface area contributed by atoms with Gasteiger partial charge >= 0.3 is 0 Å². The van der Waals surface area contributed by atoms with Gasteiger partial charge in [0.25, 0.3) is 5.89 Å². The number of fused-ring (bicyclic) bond motifs is 1. The summed E-state index contributed by atoms with van der Waals surface area (Å²) in [6.45, 7) is 4.69. The predicted molar refractivity (Wildman–Crippen MR) is 90.2 cm³/mol. The molecule has 23 heavy (non-hydrogen) atoms. The average Bonchev–Trinajstić information content (AvgIpc) is 3.12. The Morgan fingerprint density at radius 2 is 1.83 bits per heavy atom. The third-order valence-electron chi connectivity index (χ3n) is 3.98. The van der Waals surface area contributed by atoms with Crippen LogP contribution < -0.4 is 0 Å². The Morgan fingerprint density at radius 1 is 0.957 bits per heavy atom. The summed E-state index contributed by atoms with van der Waals surface area (Å²) in [5.41, 5.74) is 4.63. The molecule has 0 aliphatic rings. The SMILES string of the molecule is Cc1cccc(Cn2c(-c3nnc(C)o3)cc3ccccc32)c1. The lowest BCUT2D eigenvalue weighted by molar-refractivity contribution is 0.528. The van der Waals surface area contributed by atoms with E-state index in [4.69, 9.17) is 4.42 Å². The second kappa shape index (κ2) is 5.39. The van der Waals surface area contributed by atoms with E-state index in [9.17, 15) is 0 Å². The molecule has 0 spiro atoms. The van der Waals surface area contributed by atoms with Crippen LogP contribution in [-0.4, -0.2) is 14.8 Å². The van der Waals surface area contributed by atoms with Gasteiger partial charge in [0.15, 0.2) is 0 Å². The maximum absolute atomic E-state index is 5.66. The van der Waals surface area contributed by atoms with E-state index in [0.717, 1.165) is 12.2 Å². The quantitative estimate of drug-likeness (QED) is 0.565. The first kappa shape index (κ1) is 13.8. The average molecular weight is 303 g/mol. The van der Waals surface area contributed by atoms with Gasteiger partial charge in [-0.05, 0) is 24.6 Å². The molecule has 0 unspecified atom stereocenters. The maximum Gasteiger partial charge on any atom is 0.264 e. The molecule has 2 heterocycles. The molecule has 0 amide bonds. The van der Waals surface area contributed by atoms with Gasteiger partial charge in [-0.1, -0.05) is 48.0 Å². The molecule has 4 rings (SSSR count). The fourth-order valence-corrected chi connectivity index (χ4v) is 2.95. The summed E-state index contributed by atoms with van der Waals surface area (Å²) < 4.78 is 7.89. The number of nitrogens with zero attached hydrogens (tertiary/aromatic N) is 3. The van der Waals surface area contributed by atoms with Gasteiger partial charge in [0.05, 0.1) is 0 Å². The number of benzene rings is 2. The molecule has 0 radical (unpaired) electrons. The lowest BCUT2D eigenvalue weighted by atomic mass is 10.1. The molecule has 0 aliphatic carbocycles. The van der Waals surface area contributed by atoms with Gasteiger partial charge < -0.3 is 8.98 Å². The summed E-state index contributed by atoms with van der Waals surface area (Å²) in [7, 11) is 0. The minimum Gasteiger partial charge on any atom is -0.420 e. The van der Waals surface area contributed by atoms with Crippen LogP contribution in [0.5, 0.6) is 0 Å². The molecule has 0 bridgehead atoms. The molecule has 4 nitrogen and oxygen atoms in total. The van der Waals surface area contributed by atoms with E-state index in [0.29, 0.717) is 11.8 Å². The van der Waals surface area contributed by atoms with E-state index in [-0.39, 0.29) is 0 Å². The highest BCUT2D eigenvalue weighted by Crippen LogP contribution is 2.28. The van der Waals surface area contributed by atoms with Crippen molar-refractivity contribution in [2.24, 2.45) is 0 Å². The van der Waals surface area contributed by atoms with Crippen molar-refractivity contribution in [3.05, 3.63) is 71.6 Å². The van der Waals surface area contributed by atoms with E-state index >= 15 is 0 Å². The van der Waals surface area contributed by atoms with Crippen molar-refractivity contribution in [2.75, 3.05) is 0 Å². The number of rotatable bonds is 3. The van der Waals surface area contributed by atoms with Crippen molar-refractivity contribution in [3.8, 4) is 11.6 Å². The molecule has 4 aromatic rings. The molecule has 4 heteroatoms.